The summed E-state index contributed by atoms with van der Waals surface area (Å²) in [5.74, 6) is 0.357. The lowest BCUT2D eigenvalue weighted by molar-refractivity contribution is -0.120. The van der Waals surface area contributed by atoms with Crippen molar-refractivity contribution in [2.45, 2.75) is 26.9 Å². The highest BCUT2D eigenvalue weighted by molar-refractivity contribution is 5.97. The maximum absolute atomic E-state index is 12.6. The first-order chi connectivity index (χ1) is 16.4. The summed E-state index contributed by atoms with van der Waals surface area (Å²) < 4.78 is 17.7. The molecule has 0 aliphatic heterocycles. The maximum Gasteiger partial charge on any atom is 0.251 e. The van der Waals surface area contributed by atoms with Gasteiger partial charge in [-0.2, -0.15) is 5.10 Å². The Hall–Kier alpha value is -4.01. The number of aryl methyl sites for hydroxylation is 1. The summed E-state index contributed by atoms with van der Waals surface area (Å²) in [6, 6.07) is 13.1. The molecule has 2 N–H and O–H groups in total. The Morgan fingerprint density at radius 2 is 1.59 bits per heavy atom. The van der Waals surface area contributed by atoms with Crippen molar-refractivity contribution < 1.29 is 23.8 Å². The summed E-state index contributed by atoms with van der Waals surface area (Å²) in [6.45, 7) is 4.71. The third-order valence-corrected chi connectivity index (χ3v) is 5.51. The predicted molar refractivity (Wildman–Crippen MR) is 128 cm³/mol. The zero-order valence-electron chi connectivity index (χ0n) is 20.1. The summed E-state index contributed by atoms with van der Waals surface area (Å²) in [4.78, 5) is 25.0. The number of benzene rings is 2. The van der Waals surface area contributed by atoms with Crippen LogP contribution in [0.5, 0.6) is 17.2 Å². The van der Waals surface area contributed by atoms with Crippen molar-refractivity contribution in [3.8, 4) is 17.2 Å². The first-order valence-corrected chi connectivity index (χ1v) is 10.8. The zero-order chi connectivity index (χ0) is 24.7. The van der Waals surface area contributed by atoms with Gasteiger partial charge in [0.2, 0.25) is 11.7 Å². The SMILES string of the molecule is COc1cc(C(=O)NCC(=O)NCc2c(C)nn(Cc3ccccc3)c2C)cc(OC)c1OC. The fraction of sp³-hybridized carbons (Fsp3) is 0.320. The summed E-state index contributed by atoms with van der Waals surface area (Å²) in [5, 5.41) is 10.1. The molecule has 0 spiro atoms. The van der Waals surface area contributed by atoms with E-state index in [0.717, 1.165) is 22.5 Å². The lowest BCUT2D eigenvalue weighted by Crippen LogP contribution is -2.36. The molecule has 0 radical (unpaired) electrons. The molecule has 0 saturated heterocycles. The number of ether oxygens (including phenoxy) is 3. The zero-order valence-corrected chi connectivity index (χ0v) is 20.1. The van der Waals surface area contributed by atoms with Gasteiger partial charge in [-0.05, 0) is 31.5 Å². The number of carbonyl (C=O) groups excluding carboxylic acids is 2. The molecule has 0 saturated carbocycles. The van der Waals surface area contributed by atoms with Crippen molar-refractivity contribution in [1.29, 1.82) is 0 Å². The molecule has 0 bridgehead atoms. The van der Waals surface area contributed by atoms with Gasteiger partial charge in [0.05, 0.1) is 40.1 Å². The van der Waals surface area contributed by atoms with Crippen LogP contribution in [-0.2, 0) is 17.9 Å². The minimum atomic E-state index is -0.433. The molecule has 3 rings (SSSR count). The number of aromatic nitrogens is 2. The average molecular weight is 467 g/mol. The maximum atomic E-state index is 12.6. The van der Waals surface area contributed by atoms with E-state index in [1.165, 1.54) is 33.5 Å². The Morgan fingerprint density at radius 3 is 2.18 bits per heavy atom. The Bertz CT molecular complexity index is 1130. The van der Waals surface area contributed by atoms with Crippen molar-refractivity contribution in [3.63, 3.8) is 0 Å². The summed E-state index contributed by atoms with van der Waals surface area (Å²) in [7, 11) is 4.43. The summed E-state index contributed by atoms with van der Waals surface area (Å²) >= 11 is 0. The summed E-state index contributed by atoms with van der Waals surface area (Å²) in [6.07, 6.45) is 0. The van der Waals surface area contributed by atoms with Crippen LogP contribution in [0.25, 0.3) is 0 Å². The van der Waals surface area contributed by atoms with E-state index in [2.05, 4.69) is 27.9 Å². The summed E-state index contributed by atoms with van der Waals surface area (Å²) in [5.41, 5.74) is 4.24. The van der Waals surface area contributed by atoms with Crippen LogP contribution < -0.4 is 24.8 Å². The smallest absolute Gasteiger partial charge is 0.251 e. The molecule has 0 unspecified atom stereocenters. The van der Waals surface area contributed by atoms with Gasteiger partial charge >= 0.3 is 0 Å². The molecule has 1 aromatic heterocycles. The van der Waals surface area contributed by atoms with E-state index in [1.54, 1.807) is 0 Å². The van der Waals surface area contributed by atoms with Crippen molar-refractivity contribution in [1.82, 2.24) is 20.4 Å². The third kappa shape index (κ3) is 5.67. The first kappa shape index (κ1) is 24.6. The van der Waals surface area contributed by atoms with Gasteiger partial charge in [0.1, 0.15) is 0 Å². The molecule has 0 aliphatic rings. The minimum Gasteiger partial charge on any atom is -0.493 e. The molecule has 9 nitrogen and oxygen atoms in total. The number of nitrogens with zero attached hydrogens (tertiary/aromatic N) is 2. The second kappa shape index (κ2) is 11.2. The molecule has 2 amide bonds. The van der Waals surface area contributed by atoms with Crippen molar-refractivity contribution in [3.05, 3.63) is 70.5 Å². The van der Waals surface area contributed by atoms with E-state index in [9.17, 15) is 9.59 Å². The van der Waals surface area contributed by atoms with Gasteiger partial charge in [0, 0.05) is 23.4 Å². The van der Waals surface area contributed by atoms with E-state index in [4.69, 9.17) is 14.2 Å². The number of rotatable bonds is 10. The van der Waals surface area contributed by atoms with Crippen LogP contribution in [0.1, 0.15) is 32.9 Å². The number of carbonyl (C=O) groups is 2. The highest BCUT2D eigenvalue weighted by atomic mass is 16.5. The molecule has 34 heavy (non-hydrogen) atoms. The van der Waals surface area contributed by atoms with E-state index in [-0.39, 0.29) is 18.0 Å². The number of methoxy groups -OCH3 is 3. The van der Waals surface area contributed by atoms with E-state index in [1.807, 2.05) is 36.7 Å². The molecule has 0 atom stereocenters. The molecule has 1 heterocycles. The van der Waals surface area contributed by atoms with Crippen molar-refractivity contribution >= 4 is 11.8 Å². The molecule has 180 valence electrons. The van der Waals surface area contributed by atoms with Crippen LogP contribution in [0.4, 0.5) is 0 Å². The Balaban J connectivity index is 1.58. The molecule has 2 aromatic carbocycles. The lowest BCUT2D eigenvalue weighted by Gasteiger charge is -2.14. The topological polar surface area (TPSA) is 104 Å². The average Bonchev–Trinajstić information content (AvgIpc) is 3.12. The van der Waals surface area contributed by atoms with Gasteiger partial charge in [-0.1, -0.05) is 30.3 Å². The van der Waals surface area contributed by atoms with Gasteiger partial charge in [0.25, 0.3) is 5.91 Å². The fourth-order valence-corrected chi connectivity index (χ4v) is 3.62. The van der Waals surface area contributed by atoms with Gasteiger partial charge in [0.15, 0.2) is 11.5 Å². The number of hydrogen-bond donors (Lipinski definition) is 2. The van der Waals surface area contributed by atoms with E-state index in [0.29, 0.717) is 30.3 Å². The van der Waals surface area contributed by atoms with E-state index < -0.39 is 5.91 Å². The van der Waals surface area contributed by atoms with Crippen molar-refractivity contribution in [2.24, 2.45) is 0 Å². The largest absolute Gasteiger partial charge is 0.493 e. The van der Waals surface area contributed by atoms with E-state index >= 15 is 0 Å². The number of amides is 2. The highest BCUT2D eigenvalue weighted by Gasteiger charge is 2.18. The molecular weight excluding hydrogens is 436 g/mol. The van der Waals surface area contributed by atoms with Crippen LogP contribution in [-0.4, -0.2) is 49.5 Å². The third-order valence-electron chi connectivity index (χ3n) is 5.51. The van der Waals surface area contributed by atoms with Gasteiger partial charge in [-0.25, -0.2) is 0 Å². The standard InChI is InChI=1S/C25H30N4O5/c1-16-20(17(2)29(28-16)15-18-9-7-6-8-10-18)13-26-23(30)14-27-25(31)19-11-21(32-3)24(34-5)22(12-19)33-4/h6-12H,13-15H2,1-5H3,(H,26,30)(H,27,31). The second-order valence-corrected chi connectivity index (χ2v) is 7.67. The Morgan fingerprint density at radius 1 is 0.941 bits per heavy atom. The number of hydrogen-bond acceptors (Lipinski definition) is 6. The molecule has 9 heteroatoms. The minimum absolute atomic E-state index is 0.175. The second-order valence-electron chi connectivity index (χ2n) is 7.67. The van der Waals surface area contributed by atoms with Crippen LogP contribution in [0.3, 0.4) is 0 Å². The molecular formula is C25H30N4O5. The van der Waals surface area contributed by atoms with Gasteiger partial charge in [-0.3, -0.25) is 14.3 Å². The molecule has 0 fully saturated rings. The van der Waals surface area contributed by atoms with Crippen LogP contribution in [0.2, 0.25) is 0 Å². The predicted octanol–water partition coefficient (Wildman–Crippen LogP) is 2.62. The van der Waals surface area contributed by atoms with Crippen LogP contribution in [0, 0.1) is 13.8 Å². The normalized spacial score (nSPS) is 10.5. The fourth-order valence-electron chi connectivity index (χ4n) is 3.62. The Kier molecular flexibility index (Phi) is 8.13. The lowest BCUT2D eigenvalue weighted by atomic mass is 10.1. The highest BCUT2D eigenvalue weighted by Crippen LogP contribution is 2.38. The van der Waals surface area contributed by atoms with Gasteiger partial charge in [-0.15, -0.1) is 0 Å². The monoisotopic (exact) mass is 466 g/mol. The van der Waals surface area contributed by atoms with Crippen molar-refractivity contribution in [2.75, 3.05) is 27.9 Å². The Labute approximate surface area is 199 Å². The van der Waals surface area contributed by atoms with Gasteiger partial charge < -0.3 is 24.8 Å². The molecule has 0 aliphatic carbocycles. The van der Waals surface area contributed by atoms with Crippen LogP contribution in [0.15, 0.2) is 42.5 Å². The first-order valence-electron chi connectivity index (χ1n) is 10.8. The number of nitrogens with one attached hydrogen (secondary N) is 2. The molecule has 3 aromatic rings. The quantitative estimate of drug-likeness (QED) is 0.476. The van der Waals surface area contributed by atoms with Crippen LogP contribution >= 0.6 is 0 Å².